The Morgan fingerprint density at radius 1 is 1.18 bits per heavy atom. The van der Waals surface area contributed by atoms with Crippen molar-refractivity contribution in [2.24, 2.45) is 5.92 Å². The summed E-state index contributed by atoms with van der Waals surface area (Å²) in [4.78, 5) is 0. The fraction of sp³-hybridized carbons (Fsp3) is 0.500. The monoisotopic (exact) mass is 254 g/mol. The normalized spacial score (nSPS) is 31.4. The summed E-state index contributed by atoms with van der Waals surface area (Å²) in [5.41, 5.74) is 0. The first-order valence-corrected chi connectivity index (χ1v) is 7.33. The highest BCUT2D eigenvalue weighted by Crippen LogP contribution is 2.54. The smallest absolute Gasteiger partial charge is 0.395 e. The van der Waals surface area contributed by atoms with Gasteiger partial charge in [-0.05, 0) is 32.1 Å². The van der Waals surface area contributed by atoms with Crippen LogP contribution in [0.5, 0.6) is 5.75 Å². The van der Waals surface area contributed by atoms with Gasteiger partial charge in [-0.15, -0.1) is 0 Å². The number of benzene rings is 1. The molecular formula is C12H19N2O2P. The summed E-state index contributed by atoms with van der Waals surface area (Å²) in [6, 6.07) is 9.35. The molecule has 5 heteroatoms. The van der Waals surface area contributed by atoms with E-state index in [4.69, 9.17) is 4.52 Å². The van der Waals surface area contributed by atoms with E-state index in [1.165, 1.54) is 0 Å². The average Bonchev–Trinajstić information content (AvgIpc) is 2.28. The molecule has 1 fully saturated rings. The van der Waals surface area contributed by atoms with Crippen LogP contribution in [0.3, 0.4) is 0 Å². The molecule has 0 radical (unpaired) electrons. The number of hydrogen-bond acceptors (Lipinski definition) is 2. The van der Waals surface area contributed by atoms with Gasteiger partial charge >= 0.3 is 7.67 Å². The van der Waals surface area contributed by atoms with Gasteiger partial charge in [0.1, 0.15) is 5.75 Å². The Morgan fingerprint density at radius 2 is 1.71 bits per heavy atom. The standard InChI is InChI=1S/C12H19N2O2P/c1-11-9-13(2)17(15,14(3)10-11)16-12-7-5-4-6-8-12/h4-8,11H,9-10H2,1-3H3. The molecular weight excluding hydrogens is 235 g/mol. The molecule has 1 aromatic rings. The lowest BCUT2D eigenvalue weighted by atomic mass is 10.2. The van der Waals surface area contributed by atoms with E-state index in [9.17, 15) is 4.57 Å². The molecule has 1 aliphatic heterocycles. The molecule has 0 atom stereocenters. The first kappa shape index (κ1) is 12.6. The first-order chi connectivity index (χ1) is 8.02. The van der Waals surface area contributed by atoms with Crippen molar-refractivity contribution in [3.8, 4) is 5.75 Å². The molecule has 17 heavy (non-hydrogen) atoms. The molecule has 0 aliphatic carbocycles. The summed E-state index contributed by atoms with van der Waals surface area (Å²) >= 11 is 0. The third-order valence-corrected chi connectivity index (χ3v) is 5.48. The second kappa shape index (κ2) is 4.81. The van der Waals surface area contributed by atoms with Crippen LogP contribution in [0.25, 0.3) is 0 Å². The van der Waals surface area contributed by atoms with Crippen LogP contribution < -0.4 is 4.52 Å². The summed E-state index contributed by atoms with van der Waals surface area (Å²) in [5, 5.41) is 0. The Bertz CT molecular complexity index is 408. The first-order valence-electron chi connectivity index (χ1n) is 5.80. The third kappa shape index (κ3) is 2.54. The summed E-state index contributed by atoms with van der Waals surface area (Å²) < 4.78 is 22.2. The Hall–Kier alpha value is -0.830. The second-order valence-corrected chi connectivity index (χ2v) is 7.21. The molecule has 1 saturated heterocycles. The topological polar surface area (TPSA) is 32.8 Å². The SMILES string of the molecule is CC1CN(C)P(=O)(Oc2ccccc2)N(C)C1. The molecule has 2 rings (SSSR count). The Balaban J connectivity index is 2.20. The molecule has 0 N–H and O–H groups in total. The van der Waals surface area contributed by atoms with Crippen molar-refractivity contribution in [3.63, 3.8) is 0 Å². The van der Waals surface area contributed by atoms with Crippen LogP contribution >= 0.6 is 7.67 Å². The Morgan fingerprint density at radius 3 is 2.24 bits per heavy atom. The van der Waals surface area contributed by atoms with Crippen molar-refractivity contribution in [2.75, 3.05) is 27.2 Å². The van der Waals surface area contributed by atoms with Gasteiger partial charge in [0.2, 0.25) is 0 Å². The van der Waals surface area contributed by atoms with Crippen molar-refractivity contribution in [2.45, 2.75) is 6.92 Å². The summed E-state index contributed by atoms with van der Waals surface area (Å²) in [7, 11) is 0.826. The molecule has 0 aromatic heterocycles. The van der Waals surface area contributed by atoms with Gasteiger partial charge in [-0.2, -0.15) is 0 Å². The number of nitrogens with zero attached hydrogens (tertiary/aromatic N) is 2. The molecule has 1 heterocycles. The minimum absolute atomic E-state index is 0.506. The van der Waals surface area contributed by atoms with Crippen LogP contribution in [0, 0.1) is 5.92 Å². The van der Waals surface area contributed by atoms with Crippen LogP contribution in [0.1, 0.15) is 6.92 Å². The summed E-state index contributed by atoms with van der Waals surface area (Å²) in [6.45, 7) is 3.75. The van der Waals surface area contributed by atoms with Crippen molar-refractivity contribution < 1.29 is 9.09 Å². The quantitative estimate of drug-likeness (QED) is 0.760. The predicted octanol–water partition coefficient (Wildman–Crippen LogP) is 2.69. The maximum atomic E-state index is 12.8. The zero-order chi connectivity index (χ0) is 12.5. The number of rotatable bonds is 2. The third-order valence-electron chi connectivity index (χ3n) is 2.98. The molecule has 4 nitrogen and oxygen atoms in total. The molecule has 1 aromatic carbocycles. The maximum Gasteiger partial charge on any atom is 0.395 e. The lowest BCUT2D eigenvalue weighted by Gasteiger charge is -2.40. The fourth-order valence-corrected chi connectivity index (χ4v) is 4.35. The summed E-state index contributed by atoms with van der Waals surface area (Å²) in [5.74, 6) is 1.16. The lowest BCUT2D eigenvalue weighted by Crippen LogP contribution is -2.41. The maximum absolute atomic E-state index is 12.8. The van der Waals surface area contributed by atoms with Crippen molar-refractivity contribution >= 4 is 7.67 Å². The van der Waals surface area contributed by atoms with E-state index in [1.807, 2.05) is 53.8 Å². The molecule has 94 valence electrons. The summed E-state index contributed by atoms with van der Waals surface area (Å²) in [6.07, 6.45) is 0. The van der Waals surface area contributed by atoms with Crippen LogP contribution in [0.2, 0.25) is 0 Å². The van der Waals surface area contributed by atoms with Gasteiger partial charge < -0.3 is 4.52 Å². The predicted molar refractivity (Wildman–Crippen MR) is 69.1 cm³/mol. The zero-order valence-electron chi connectivity index (χ0n) is 10.5. The molecule has 1 aliphatic rings. The van der Waals surface area contributed by atoms with E-state index in [0.29, 0.717) is 11.7 Å². The fourth-order valence-electron chi connectivity index (χ4n) is 2.18. The van der Waals surface area contributed by atoms with Gasteiger partial charge in [-0.3, -0.25) is 0 Å². The highest BCUT2D eigenvalue weighted by Gasteiger charge is 2.40. The Kier molecular flexibility index (Phi) is 3.57. The molecule has 0 saturated carbocycles. The van der Waals surface area contributed by atoms with Gasteiger partial charge in [0, 0.05) is 13.1 Å². The molecule has 0 bridgehead atoms. The minimum Gasteiger partial charge on any atom is -0.422 e. The average molecular weight is 254 g/mol. The molecule has 0 amide bonds. The van der Waals surface area contributed by atoms with E-state index in [-0.39, 0.29) is 0 Å². The van der Waals surface area contributed by atoms with Crippen molar-refractivity contribution in [3.05, 3.63) is 30.3 Å². The van der Waals surface area contributed by atoms with Gasteiger partial charge in [-0.1, -0.05) is 25.1 Å². The van der Waals surface area contributed by atoms with Crippen LogP contribution in [-0.4, -0.2) is 36.5 Å². The number of hydrogen-bond donors (Lipinski definition) is 0. The zero-order valence-corrected chi connectivity index (χ0v) is 11.4. The van der Waals surface area contributed by atoms with Crippen molar-refractivity contribution in [1.29, 1.82) is 0 Å². The van der Waals surface area contributed by atoms with Gasteiger partial charge in [-0.25, -0.2) is 13.9 Å². The van der Waals surface area contributed by atoms with Crippen molar-refractivity contribution in [1.82, 2.24) is 9.34 Å². The van der Waals surface area contributed by atoms with Gasteiger partial charge in [0.15, 0.2) is 0 Å². The van der Waals surface area contributed by atoms with Gasteiger partial charge in [0.05, 0.1) is 0 Å². The highest BCUT2D eigenvalue weighted by atomic mass is 31.2. The van der Waals surface area contributed by atoms with Crippen LogP contribution in [-0.2, 0) is 4.57 Å². The van der Waals surface area contributed by atoms with E-state index in [2.05, 4.69) is 6.92 Å². The van der Waals surface area contributed by atoms with Crippen LogP contribution in [0.15, 0.2) is 30.3 Å². The second-order valence-electron chi connectivity index (χ2n) is 4.68. The van der Waals surface area contributed by atoms with Crippen LogP contribution in [0.4, 0.5) is 0 Å². The number of para-hydroxylation sites is 1. The van der Waals surface area contributed by atoms with Gasteiger partial charge in [0.25, 0.3) is 0 Å². The van der Waals surface area contributed by atoms with E-state index < -0.39 is 7.67 Å². The molecule has 0 unspecified atom stereocenters. The highest BCUT2D eigenvalue weighted by molar-refractivity contribution is 7.54. The molecule has 0 spiro atoms. The van der Waals surface area contributed by atoms with E-state index in [0.717, 1.165) is 13.1 Å². The lowest BCUT2D eigenvalue weighted by molar-refractivity contribution is 0.230. The van der Waals surface area contributed by atoms with E-state index >= 15 is 0 Å². The van der Waals surface area contributed by atoms with E-state index in [1.54, 1.807) is 0 Å². The largest absolute Gasteiger partial charge is 0.422 e. The Labute approximate surface area is 103 Å². The minimum atomic E-state index is -2.89.